The maximum atomic E-state index is 12.9. The van der Waals surface area contributed by atoms with Gasteiger partial charge in [0, 0.05) is 24.1 Å². The molecule has 1 aliphatic rings. The van der Waals surface area contributed by atoms with E-state index in [4.69, 9.17) is 4.52 Å². The summed E-state index contributed by atoms with van der Waals surface area (Å²) in [4.78, 5) is 2.28. The Morgan fingerprint density at radius 1 is 1.37 bits per heavy atom. The average Bonchev–Trinajstić information content (AvgIpc) is 3.09. The second-order valence-corrected chi connectivity index (χ2v) is 8.44. The Labute approximate surface area is 116 Å². The molecule has 0 radical (unpaired) electrons. The molecule has 1 saturated carbocycles. The van der Waals surface area contributed by atoms with Gasteiger partial charge < -0.3 is 9.42 Å². The van der Waals surface area contributed by atoms with Crippen LogP contribution in [0.4, 0.5) is 0 Å². The van der Waals surface area contributed by atoms with Gasteiger partial charge in [-0.25, -0.2) is 0 Å². The molecule has 0 heterocycles. The fourth-order valence-electron chi connectivity index (χ4n) is 2.99. The van der Waals surface area contributed by atoms with Gasteiger partial charge in [-0.15, -0.1) is 0 Å². The van der Waals surface area contributed by atoms with Crippen molar-refractivity contribution < 1.29 is 9.09 Å². The van der Waals surface area contributed by atoms with Crippen LogP contribution in [0.1, 0.15) is 19.8 Å². The minimum Gasteiger partial charge on any atom is -0.329 e. The van der Waals surface area contributed by atoms with Crippen LogP contribution in [-0.2, 0) is 9.09 Å². The van der Waals surface area contributed by atoms with E-state index in [1.165, 1.54) is 6.42 Å². The first-order valence-electron chi connectivity index (χ1n) is 6.82. The zero-order valence-corrected chi connectivity index (χ0v) is 13.2. The van der Waals surface area contributed by atoms with Crippen molar-refractivity contribution in [2.45, 2.75) is 25.3 Å². The molecule has 0 spiro atoms. The van der Waals surface area contributed by atoms with Crippen molar-refractivity contribution in [2.24, 2.45) is 5.92 Å². The molecule has 19 heavy (non-hydrogen) atoms. The van der Waals surface area contributed by atoms with Gasteiger partial charge in [0.1, 0.15) is 0 Å². The first kappa shape index (κ1) is 14.8. The highest BCUT2D eigenvalue weighted by molar-refractivity contribution is 7.66. The minimum absolute atomic E-state index is 0.225. The van der Waals surface area contributed by atoms with E-state index in [2.05, 4.69) is 25.9 Å². The topological polar surface area (TPSA) is 29.5 Å². The number of hydrogen-bond acceptors (Lipinski definition) is 3. The van der Waals surface area contributed by atoms with Gasteiger partial charge >= 0.3 is 0 Å². The van der Waals surface area contributed by atoms with Gasteiger partial charge in [-0.1, -0.05) is 25.1 Å². The van der Waals surface area contributed by atoms with Gasteiger partial charge in [0.25, 0.3) is 0 Å². The van der Waals surface area contributed by atoms with Gasteiger partial charge in [0.05, 0.1) is 0 Å². The Morgan fingerprint density at radius 3 is 2.37 bits per heavy atom. The standard InChI is InChI=1S/C15H24NO2P/c1-13-12-15(13,16(2)3)10-11-19(17,18-4)14-8-6-5-7-9-14/h5-9,13H,10-12H2,1-4H3/t13-,15-,19?/m1/s1. The summed E-state index contributed by atoms with van der Waals surface area (Å²) in [5.74, 6) is 0.684. The van der Waals surface area contributed by atoms with Gasteiger partial charge in [-0.2, -0.15) is 0 Å². The summed E-state index contributed by atoms with van der Waals surface area (Å²) in [7, 11) is 3.09. The normalized spacial score (nSPS) is 29.2. The van der Waals surface area contributed by atoms with Crippen LogP contribution in [0.25, 0.3) is 0 Å². The van der Waals surface area contributed by atoms with E-state index in [1.54, 1.807) is 7.11 Å². The van der Waals surface area contributed by atoms with Crippen molar-refractivity contribution in [1.82, 2.24) is 4.90 Å². The lowest BCUT2D eigenvalue weighted by Crippen LogP contribution is -2.33. The predicted octanol–water partition coefficient (Wildman–Crippen LogP) is 2.97. The molecular formula is C15H24NO2P. The predicted molar refractivity (Wildman–Crippen MR) is 80.4 cm³/mol. The van der Waals surface area contributed by atoms with Crippen LogP contribution < -0.4 is 5.30 Å². The van der Waals surface area contributed by atoms with Crippen LogP contribution in [0.5, 0.6) is 0 Å². The molecular weight excluding hydrogens is 257 g/mol. The van der Waals surface area contributed by atoms with Gasteiger partial charge in [-0.05, 0) is 45.0 Å². The molecule has 1 aliphatic carbocycles. The molecule has 2 rings (SSSR count). The third kappa shape index (κ3) is 2.79. The molecule has 4 heteroatoms. The third-order valence-corrected chi connectivity index (χ3v) is 7.08. The monoisotopic (exact) mass is 281 g/mol. The largest absolute Gasteiger partial charge is 0.329 e. The molecule has 3 nitrogen and oxygen atoms in total. The average molecular weight is 281 g/mol. The summed E-state index contributed by atoms with van der Waals surface area (Å²) in [6.45, 7) is 2.26. The third-order valence-electron chi connectivity index (χ3n) is 4.59. The molecule has 106 valence electrons. The smallest absolute Gasteiger partial charge is 0.231 e. The fraction of sp³-hybridized carbons (Fsp3) is 0.600. The summed E-state index contributed by atoms with van der Waals surface area (Å²) in [6, 6.07) is 9.59. The van der Waals surface area contributed by atoms with Crippen LogP contribution in [0.2, 0.25) is 0 Å². The quantitative estimate of drug-likeness (QED) is 0.751. The zero-order valence-electron chi connectivity index (χ0n) is 12.3. The summed E-state index contributed by atoms with van der Waals surface area (Å²) in [5, 5.41) is 0.833. The molecule has 1 unspecified atom stereocenters. The van der Waals surface area contributed by atoms with E-state index >= 15 is 0 Å². The summed E-state index contributed by atoms with van der Waals surface area (Å²) in [5.41, 5.74) is 0.225. The first-order chi connectivity index (χ1) is 8.94. The number of nitrogens with zero attached hydrogens (tertiary/aromatic N) is 1. The van der Waals surface area contributed by atoms with Crippen molar-refractivity contribution in [3.63, 3.8) is 0 Å². The van der Waals surface area contributed by atoms with E-state index in [0.717, 1.165) is 11.7 Å². The molecule has 3 atom stereocenters. The van der Waals surface area contributed by atoms with Crippen LogP contribution in [-0.4, -0.2) is 37.8 Å². The molecule has 0 aliphatic heterocycles. The number of benzene rings is 1. The van der Waals surface area contributed by atoms with E-state index in [1.807, 2.05) is 30.3 Å². The lowest BCUT2D eigenvalue weighted by Gasteiger charge is -2.27. The van der Waals surface area contributed by atoms with Crippen molar-refractivity contribution in [3.05, 3.63) is 30.3 Å². The van der Waals surface area contributed by atoms with Crippen LogP contribution in [0.3, 0.4) is 0 Å². The van der Waals surface area contributed by atoms with E-state index in [9.17, 15) is 4.57 Å². The van der Waals surface area contributed by atoms with Crippen molar-refractivity contribution in [3.8, 4) is 0 Å². The second kappa shape index (κ2) is 5.40. The highest BCUT2D eigenvalue weighted by Crippen LogP contribution is 2.54. The first-order valence-corrected chi connectivity index (χ1v) is 8.63. The Bertz CT molecular complexity index is 474. The zero-order chi connectivity index (χ0) is 14.1. The Morgan fingerprint density at radius 2 is 1.95 bits per heavy atom. The molecule has 0 N–H and O–H groups in total. The van der Waals surface area contributed by atoms with Crippen molar-refractivity contribution in [1.29, 1.82) is 0 Å². The molecule has 1 aromatic carbocycles. The number of rotatable bonds is 6. The summed E-state index contributed by atoms with van der Waals surface area (Å²) < 4.78 is 18.3. The molecule has 0 saturated heterocycles. The molecule has 0 bridgehead atoms. The maximum absolute atomic E-state index is 12.9. The fourth-order valence-corrected chi connectivity index (χ4v) is 4.95. The maximum Gasteiger partial charge on any atom is 0.231 e. The van der Waals surface area contributed by atoms with Gasteiger partial charge in [0.2, 0.25) is 7.37 Å². The Kier molecular flexibility index (Phi) is 4.20. The van der Waals surface area contributed by atoms with Crippen LogP contribution >= 0.6 is 7.37 Å². The molecule has 1 aromatic rings. The van der Waals surface area contributed by atoms with E-state index < -0.39 is 7.37 Å². The molecule has 0 aromatic heterocycles. The Hall–Kier alpha value is -0.630. The Balaban J connectivity index is 2.11. The highest BCUT2D eigenvalue weighted by atomic mass is 31.2. The van der Waals surface area contributed by atoms with E-state index in [-0.39, 0.29) is 5.54 Å². The molecule has 0 amide bonds. The van der Waals surface area contributed by atoms with Crippen molar-refractivity contribution in [2.75, 3.05) is 27.4 Å². The highest BCUT2D eigenvalue weighted by Gasteiger charge is 2.53. The number of hydrogen-bond donors (Lipinski definition) is 0. The van der Waals surface area contributed by atoms with Crippen molar-refractivity contribution >= 4 is 12.7 Å². The second-order valence-electron chi connectivity index (χ2n) is 5.77. The lowest BCUT2D eigenvalue weighted by atomic mass is 10.1. The SMILES string of the molecule is COP(=O)(CC[C@@]1(N(C)C)C[C@H]1C)c1ccccc1. The minimum atomic E-state index is -2.70. The van der Waals surface area contributed by atoms with E-state index in [0.29, 0.717) is 12.1 Å². The van der Waals surface area contributed by atoms with Gasteiger partial charge in [0.15, 0.2) is 0 Å². The van der Waals surface area contributed by atoms with Crippen LogP contribution in [0.15, 0.2) is 30.3 Å². The van der Waals surface area contributed by atoms with Crippen LogP contribution in [0, 0.1) is 5.92 Å². The summed E-state index contributed by atoms with van der Waals surface area (Å²) >= 11 is 0. The summed E-state index contributed by atoms with van der Waals surface area (Å²) in [6.07, 6.45) is 2.75. The van der Waals surface area contributed by atoms with Gasteiger partial charge in [-0.3, -0.25) is 4.57 Å². The lowest BCUT2D eigenvalue weighted by molar-refractivity contribution is 0.244. The molecule has 1 fully saturated rings.